The van der Waals surface area contributed by atoms with E-state index in [0.717, 1.165) is 19.9 Å². The van der Waals surface area contributed by atoms with E-state index in [1.807, 2.05) is 10.8 Å². The molecule has 1 heterocycles. The van der Waals surface area contributed by atoms with Crippen molar-refractivity contribution in [2.45, 2.75) is 25.5 Å². The van der Waals surface area contributed by atoms with Gasteiger partial charge in [-0.1, -0.05) is 0 Å². The number of carbonyl (C=O) groups is 2. The van der Waals surface area contributed by atoms with Crippen molar-refractivity contribution in [1.82, 2.24) is 20.2 Å². The van der Waals surface area contributed by atoms with Crippen LogP contribution in [0.25, 0.3) is 0 Å². The van der Waals surface area contributed by atoms with Crippen molar-refractivity contribution in [2.24, 2.45) is 0 Å². The van der Waals surface area contributed by atoms with Crippen LogP contribution in [0.1, 0.15) is 13.3 Å². The van der Waals surface area contributed by atoms with E-state index < -0.39 is 17.6 Å². The quantitative estimate of drug-likeness (QED) is 0.494. The molecular formula is C11H18N4O4. The lowest BCUT2D eigenvalue weighted by molar-refractivity contribution is -0.155. The highest BCUT2D eigenvalue weighted by molar-refractivity contribution is 5.79. The average Bonchev–Trinajstić information content (AvgIpc) is 2.85. The summed E-state index contributed by atoms with van der Waals surface area (Å²) in [5.74, 6) is -1.38. The van der Waals surface area contributed by atoms with Crippen molar-refractivity contribution in [3.05, 3.63) is 18.7 Å². The summed E-state index contributed by atoms with van der Waals surface area (Å²) in [4.78, 5) is 25.8. The molecule has 0 fully saturated rings. The fourth-order valence-electron chi connectivity index (χ4n) is 1.27. The molecule has 19 heavy (non-hydrogen) atoms. The topological polar surface area (TPSA) is 116 Å². The van der Waals surface area contributed by atoms with Crippen LogP contribution in [0.15, 0.2) is 18.7 Å². The summed E-state index contributed by atoms with van der Waals surface area (Å²) >= 11 is 0. The first-order chi connectivity index (χ1) is 8.92. The lowest BCUT2D eigenvalue weighted by atomic mass is 10.1. The van der Waals surface area contributed by atoms with Crippen LogP contribution in [0.5, 0.6) is 0 Å². The number of aliphatic carboxylic acids is 1. The summed E-state index contributed by atoms with van der Waals surface area (Å²) in [5, 5.41) is 22.9. The van der Waals surface area contributed by atoms with Crippen molar-refractivity contribution >= 4 is 12.0 Å². The number of hydrogen-bond donors (Lipinski definition) is 4. The number of nitrogens with one attached hydrogen (secondary N) is 2. The van der Waals surface area contributed by atoms with Gasteiger partial charge in [0.15, 0.2) is 5.60 Å². The predicted molar refractivity (Wildman–Crippen MR) is 66.5 cm³/mol. The molecule has 0 saturated carbocycles. The van der Waals surface area contributed by atoms with Gasteiger partial charge in [0, 0.05) is 25.5 Å². The summed E-state index contributed by atoms with van der Waals surface area (Å²) in [6.45, 7) is 1.94. The maximum absolute atomic E-state index is 11.3. The van der Waals surface area contributed by atoms with Gasteiger partial charge in [-0.3, -0.25) is 0 Å². The van der Waals surface area contributed by atoms with Crippen LogP contribution in [-0.4, -0.2) is 50.5 Å². The first-order valence-corrected chi connectivity index (χ1v) is 5.85. The SMILES string of the molecule is CC(O)(CNC(=O)NCCCn1ccnc1)C(=O)O. The van der Waals surface area contributed by atoms with Crippen molar-refractivity contribution in [3.8, 4) is 0 Å². The highest BCUT2D eigenvalue weighted by Gasteiger charge is 2.30. The molecule has 0 saturated heterocycles. The van der Waals surface area contributed by atoms with E-state index in [1.54, 1.807) is 12.5 Å². The molecule has 2 amide bonds. The van der Waals surface area contributed by atoms with E-state index in [4.69, 9.17) is 5.11 Å². The van der Waals surface area contributed by atoms with Crippen LogP contribution < -0.4 is 10.6 Å². The summed E-state index contributed by atoms with van der Waals surface area (Å²) in [5.41, 5.74) is -1.96. The molecule has 0 aliphatic rings. The normalized spacial score (nSPS) is 13.6. The Morgan fingerprint density at radius 1 is 1.42 bits per heavy atom. The molecule has 0 spiro atoms. The molecule has 4 N–H and O–H groups in total. The monoisotopic (exact) mass is 270 g/mol. The van der Waals surface area contributed by atoms with E-state index >= 15 is 0 Å². The van der Waals surface area contributed by atoms with Gasteiger partial charge >= 0.3 is 12.0 Å². The Bertz CT molecular complexity index is 416. The van der Waals surface area contributed by atoms with Crippen LogP contribution in [0, 0.1) is 0 Å². The Hall–Kier alpha value is -2.09. The smallest absolute Gasteiger partial charge is 0.337 e. The Kier molecular flexibility index (Phi) is 5.31. The standard InChI is InChI=1S/C11H18N4O4/c1-11(19,9(16)17)7-14-10(18)13-3-2-5-15-6-4-12-8-15/h4,6,8,19H,2-3,5,7H2,1H3,(H,16,17)(H2,13,14,18). The molecule has 0 aromatic carbocycles. The van der Waals surface area contributed by atoms with Crippen LogP contribution in [0.3, 0.4) is 0 Å². The molecule has 0 bridgehead atoms. The van der Waals surface area contributed by atoms with E-state index in [-0.39, 0.29) is 6.54 Å². The molecule has 8 nitrogen and oxygen atoms in total. The van der Waals surface area contributed by atoms with E-state index in [2.05, 4.69) is 15.6 Å². The van der Waals surface area contributed by atoms with Crippen molar-refractivity contribution in [3.63, 3.8) is 0 Å². The zero-order valence-corrected chi connectivity index (χ0v) is 10.7. The van der Waals surface area contributed by atoms with Crippen LogP contribution in [0.4, 0.5) is 4.79 Å². The van der Waals surface area contributed by atoms with Gasteiger partial charge in [-0.05, 0) is 13.3 Å². The lowest BCUT2D eigenvalue weighted by Gasteiger charge is -2.18. The lowest BCUT2D eigenvalue weighted by Crippen LogP contribution is -2.49. The number of carbonyl (C=O) groups excluding carboxylic acids is 1. The van der Waals surface area contributed by atoms with Gasteiger partial charge in [-0.25, -0.2) is 14.6 Å². The fourth-order valence-corrected chi connectivity index (χ4v) is 1.27. The Morgan fingerprint density at radius 3 is 2.74 bits per heavy atom. The summed E-state index contributed by atoms with van der Waals surface area (Å²) in [6.07, 6.45) is 5.90. The Balaban J connectivity index is 2.13. The number of nitrogens with zero attached hydrogens (tertiary/aromatic N) is 2. The van der Waals surface area contributed by atoms with Crippen molar-refractivity contribution in [2.75, 3.05) is 13.1 Å². The van der Waals surface area contributed by atoms with E-state index in [1.165, 1.54) is 0 Å². The second-order valence-electron chi connectivity index (χ2n) is 4.34. The third-order valence-electron chi connectivity index (χ3n) is 2.49. The maximum atomic E-state index is 11.3. The zero-order valence-electron chi connectivity index (χ0n) is 10.7. The van der Waals surface area contributed by atoms with Gasteiger partial charge in [0.25, 0.3) is 0 Å². The number of carboxylic acid groups (broad SMARTS) is 1. The van der Waals surface area contributed by atoms with Crippen LogP contribution in [0.2, 0.25) is 0 Å². The van der Waals surface area contributed by atoms with Gasteiger partial charge in [0.2, 0.25) is 0 Å². The maximum Gasteiger partial charge on any atom is 0.337 e. The number of aryl methyl sites for hydroxylation is 1. The molecule has 1 atom stereocenters. The minimum absolute atomic E-state index is 0.352. The van der Waals surface area contributed by atoms with Gasteiger partial charge in [-0.2, -0.15) is 0 Å². The number of urea groups is 1. The first-order valence-electron chi connectivity index (χ1n) is 5.85. The molecule has 8 heteroatoms. The minimum atomic E-state index is -1.96. The molecule has 1 aromatic heterocycles. The number of amides is 2. The molecule has 0 aliphatic heterocycles. The van der Waals surface area contributed by atoms with Gasteiger partial charge in [0.1, 0.15) is 0 Å². The van der Waals surface area contributed by atoms with Gasteiger partial charge < -0.3 is 25.4 Å². The number of aliphatic hydroxyl groups is 1. The molecular weight excluding hydrogens is 252 g/mol. The average molecular weight is 270 g/mol. The van der Waals surface area contributed by atoms with Crippen LogP contribution >= 0.6 is 0 Å². The third kappa shape index (κ3) is 5.38. The zero-order chi connectivity index (χ0) is 14.3. The summed E-state index contributed by atoms with van der Waals surface area (Å²) in [6, 6.07) is -0.507. The Morgan fingerprint density at radius 2 is 2.16 bits per heavy atom. The second-order valence-corrected chi connectivity index (χ2v) is 4.34. The molecule has 0 radical (unpaired) electrons. The van der Waals surface area contributed by atoms with Gasteiger partial charge in [0.05, 0.1) is 12.9 Å². The van der Waals surface area contributed by atoms with Gasteiger partial charge in [-0.15, -0.1) is 0 Å². The number of imidazole rings is 1. The predicted octanol–water partition coefficient (Wildman–Crippen LogP) is -0.592. The molecule has 1 unspecified atom stereocenters. The number of carboxylic acids is 1. The minimum Gasteiger partial charge on any atom is -0.479 e. The molecule has 106 valence electrons. The van der Waals surface area contributed by atoms with Crippen molar-refractivity contribution < 1.29 is 19.8 Å². The largest absolute Gasteiger partial charge is 0.479 e. The van der Waals surface area contributed by atoms with E-state index in [9.17, 15) is 14.7 Å². The number of aromatic nitrogens is 2. The Labute approximate surface area is 110 Å². The molecule has 0 aliphatic carbocycles. The fraction of sp³-hybridized carbons (Fsp3) is 0.545. The van der Waals surface area contributed by atoms with Crippen LogP contribution in [-0.2, 0) is 11.3 Å². The second kappa shape index (κ2) is 6.74. The number of rotatable bonds is 7. The summed E-state index contributed by atoms with van der Waals surface area (Å²) in [7, 11) is 0. The third-order valence-corrected chi connectivity index (χ3v) is 2.49. The molecule has 1 rings (SSSR count). The highest BCUT2D eigenvalue weighted by Crippen LogP contribution is 2.00. The van der Waals surface area contributed by atoms with E-state index in [0.29, 0.717) is 6.54 Å². The highest BCUT2D eigenvalue weighted by atomic mass is 16.4. The first kappa shape index (κ1) is 15.0. The molecule has 1 aromatic rings. The summed E-state index contributed by atoms with van der Waals surface area (Å²) < 4.78 is 1.88. The van der Waals surface area contributed by atoms with Crippen molar-refractivity contribution in [1.29, 1.82) is 0 Å². The number of hydrogen-bond acceptors (Lipinski definition) is 4.